The van der Waals surface area contributed by atoms with Crippen LogP contribution in [0.15, 0.2) is 30.3 Å². The lowest BCUT2D eigenvalue weighted by Gasteiger charge is -2.13. The standard InChI is InChI=1S/C17H14ClNO3/c18-11-2-1-3-12(9-11)19-17(20)15-13-5-7-21-14(13)8-10-4-6-22-16(10)15/h1-3,8-9H,4-7H2,(H,19,20). The third kappa shape index (κ3) is 2.20. The molecule has 0 aromatic heterocycles. The maximum absolute atomic E-state index is 12.8. The normalized spacial score (nSPS) is 14.8. The van der Waals surface area contributed by atoms with Gasteiger partial charge in [-0.25, -0.2) is 0 Å². The van der Waals surface area contributed by atoms with Crippen molar-refractivity contribution in [2.24, 2.45) is 0 Å². The van der Waals surface area contributed by atoms with Gasteiger partial charge in [0.2, 0.25) is 0 Å². The molecule has 0 bridgehead atoms. The number of halogens is 1. The van der Waals surface area contributed by atoms with Crippen molar-refractivity contribution in [3.63, 3.8) is 0 Å². The van der Waals surface area contributed by atoms with Crippen LogP contribution in [0.5, 0.6) is 11.5 Å². The van der Waals surface area contributed by atoms with Gasteiger partial charge < -0.3 is 14.8 Å². The quantitative estimate of drug-likeness (QED) is 0.923. The number of carbonyl (C=O) groups excluding carboxylic acids is 1. The molecule has 1 amide bonds. The molecule has 2 aromatic carbocycles. The van der Waals surface area contributed by atoms with E-state index in [-0.39, 0.29) is 5.91 Å². The third-order valence-corrected chi connectivity index (χ3v) is 4.20. The minimum absolute atomic E-state index is 0.178. The van der Waals surface area contributed by atoms with Gasteiger partial charge in [0.15, 0.2) is 0 Å². The lowest BCUT2D eigenvalue weighted by molar-refractivity contribution is 0.102. The summed E-state index contributed by atoms with van der Waals surface area (Å²) in [7, 11) is 0. The Morgan fingerprint density at radius 1 is 1.14 bits per heavy atom. The summed E-state index contributed by atoms with van der Waals surface area (Å²) in [5.74, 6) is 1.33. The summed E-state index contributed by atoms with van der Waals surface area (Å²) in [6.07, 6.45) is 1.54. The van der Waals surface area contributed by atoms with E-state index in [1.165, 1.54) is 0 Å². The zero-order valence-electron chi connectivity index (χ0n) is 11.8. The largest absolute Gasteiger partial charge is 0.493 e. The van der Waals surface area contributed by atoms with Crippen molar-refractivity contribution in [1.82, 2.24) is 0 Å². The van der Waals surface area contributed by atoms with E-state index in [0.29, 0.717) is 35.2 Å². The fourth-order valence-electron chi connectivity index (χ4n) is 2.99. The molecule has 0 spiro atoms. The molecular weight excluding hydrogens is 302 g/mol. The highest BCUT2D eigenvalue weighted by Gasteiger charge is 2.30. The van der Waals surface area contributed by atoms with E-state index in [9.17, 15) is 4.79 Å². The average molecular weight is 316 g/mol. The Kier molecular flexibility index (Phi) is 3.19. The van der Waals surface area contributed by atoms with Crippen LogP contribution in [0.25, 0.3) is 0 Å². The zero-order chi connectivity index (χ0) is 15.1. The van der Waals surface area contributed by atoms with Gasteiger partial charge in [0.25, 0.3) is 5.91 Å². The molecule has 2 aliphatic rings. The molecule has 2 heterocycles. The second-order valence-corrected chi connectivity index (χ2v) is 5.81. The van der Waals surface area contributed by atoms with Crippen LogP contribution in [0.2, 0.25) is 5.02 Å². The topological polar surface area (TPSA) is 47.6 Å². The van der Waals surface area contributed by atoms with E-state index in [4.69, 9.17) is 21.1 Å². The number of ether oxygens (including phenoxy) is 2. The van der Waals surface area contributed by atoms with Crippen molar-refractivity contribution in [3.05, 3.63) is 52.0 Å². The van der Waals surface area contributed by atoms with Crippen molar-refractivity contribution in [1.29, 1.82) is 0 Å². The van der Waals surface area contributed by atoms with E-state index < -0.39 is 0 Å². The molecular formula is C17H14ClNO3. The summed E-state index contributed by atoms with van der Waals surface area (Å²) in [4.78, 5) is 12.8. The highest BCUT2D eigenvalue weighted by atomic mass is 35.5. The highest BCUT2D eigenvalue weighted by molar-refractivity contribution is 6.31. The first-order valence-corrected chi connectivity index (χ1v) is 7.61. The Labute approximate surface area is 133 Å². The monoisotopic (exact) mass is 315 g/mol. The summed E-state index contributed by atoms with van der Waals surface area (Å²) in [6, 6.07) is 9.11. The highest BCUT2D eigenvalue weighted by Crippen LogP contribution is 2.40. The Morgan fingerprint density at radius 2 is 2.00 bits per heavy atom. The van der Waals surface area contributed by atoms with E-state index in [1.807, 2.05) is 12.1 Å². The predicted molar refractivity (Wildman–Crippen MR) is 84.2 cm³/mol. The lowest BCUT2D eigenvalue weighted by Crippen LogP contribution is -2.15. The number of carbonyl (C=O) groups is 1. The van der Waals surface area contributed by atoms with Crippen LogP contribution in [0.3, 0.4) is 0 Å². The SMILES string of the molecule is O=C(Nc1cccc(Cl)c1)c1c2c(cc3c1OCC3)OCC2. The van der Waals surface area contributed by atoms with Gasteiger partial charge in [-0.2, -0.15) is 0 Å². The van der Waals surface area contributed by atoms with Crippen LogP contribution in [-0.4, -0.2) is 19.1 Å². The third-order valence-electron chi connectivity index (χ3n) is 3.96. The van der Waals surface area contributed by atoms with E-state index in [1.54, 1.807) is 18.2 Å². The Balaban J connectivity index is 1.74. The molecule has 0 saturated carbocycles. The molecule has 1 N–H and O–H groups in total. The zero-order valence-corrected chi connectivity index (χ0v) is 12.6. The number of hydrogen-bond donors (Lipinski definition) is 1. The number of benzene rings is 2. The molecule has 22 heavy (non-hydrogen) atoms. The van der Waals surface area contributed by atoms with Crippen molar-refractivity contribution in [3.8, 4) is 11.5 Å². The lowest BCUT2D eigenvalue weighted by atomic mass is 9.99. The van der Waals surface area contributed by atoms with Gasteiger partial charge in [-0.1, -0.05) is 17.7 Å². The number of fused-ring (bicyclic) bond motifs is 2. The molecule has 2 aromatic rings. The van der Waals surface area contributed by atoms with Crippen LogP contribution in [-0.2, 0) is 12.8 Å². The van der Waals surface area contributed by atoms with E-state index in [0.717, 1.165) is 29.7 Å². The Bertz CT molecular complexity index is 740. The summed E-state index contributed by atoms with van der Waals surface area (Å²) in [6.45, 7) is 1.21. The van der Waals surface area contributed by atoms with E-state index in [2.05, 4.69) is 5.32 Å². The summed E-state index contributed by atoms with van der Waals surface area (Å²) in [5.41, 5.74) is 3.24. The minimum Gasteiger partial charge on any atom is -0.493 e. The second kappa shape index (κ2) is 5.21. The van der Waals surface area contributed by atoms with Gasteiger partial charge in [-0.3, -0.25) is 4.79 Å². The average Bonchev–Trinajstić information content (AvgIpc) is 3.12. The van der Waals surface area contributed by atoms with Crippen LogP contribution < -0.4 is 14.8 Å². The molecule has 0 saturated heterocycles. The van der Waals surface area contributed by atoms with Gasteiger partial charge in [-0.05, 0) is 24.3 Å². The Morgan fingerprint density at radius 3 is 2.86 bits per heavy atom. The Hall–Kier alpha value is -2.20. The first-order chi connectivity index (χ1) is 10.7. The molecule has 4 nitrogen and oxygen atoms in total. The molecule has 0 atom stereocenters. The van der Waals surface area contributed by atoms with Crippen LogP contribution >= 0.6 is 11.6 Å². The molecule has 0 radical (unpaired) electrons. The van der Waals surface area contributed by atoms with Gasteiger partial charge in [0, 0.05) is 34.7 Å². The fourth-order valence-corrected chi connectivity index (χ4v) is 3.18. The van der Waals surface area contributed by atoms with E-state index >= 15 is 0 Å². The first kappa shape index (κ1) is 13.5. The smallest absolute Gasteiger partial charge is 0.259 e. The van der Waals surface area contributed by atoms with Gasteiger partial charge in [-0.15, -0.1) is 0 Å². The molecule has 5 heteroatoms. The first-order valence-electron chi connectivity index (χ1n) is 7.23. The second-order valence-electron chi connectivity index (χ2n) is 5.38. The van der Waals surface area contributed by atoms with Gasteiger partial charge in [0.05, 0.1) is 18.8 Å². The van der Waals surface area contributed by atoms with Crippen molar-refractivity contribution in [2.75, 3.05) is 18.5 Å². The van der Waals surface area contributed by atoms with Crippen molar-refractivity contribution >= 4 is 23.2 Å². The molecule has 112 valence electrons. The molecule has 2 aliphatic heterocycles. The fraction of sp³-hybridized carbons (Fsp3) is 0.235. The van der Waals surface area contributed by atoms with Crippen LogP contribution in [0, 0.1) is 0 Å². The number of anilines is 1. The summed E-state index contributed by atoms with van der Waals surface area (Å²) >= 11 is 5.97. The number of rotatable bonds is 2. The van der Waals surface area contributed by atoms with Crippen molar-refractivity contribution in [2.45, 2.75) is 12.8 Å². The molecule has 0 fully saturated rings. The number of hydrogen-bond acceptors (Lipinski definition) is 3. The molecule has 4 rings (SSSR count). The van der Waals surface area contributed by atoms with Crippen molar-refractivity contribution < 1.29 is 14.3 Å². The maximum atomic E-state index is 12.8. The number of nitrogens with one attached hydrogen (secondary N) is 1. The predicted octanol–water partition coefficient (Wildman–Crippen LogP) is 3.46. The van der Waals surface area contributed by atoms with Gasteiger partial charge in [0.1, 0.15) is 11.5 Å². The van der Waals surface area contributed by atoms with Crippen LogP contribution in [0.4, 0.5) is 5.69 Å². The summed E-state index contributed by atoms with van der Waals surface area (Å²) in [5, 5.41) is 3.48. The number of amides is 1. The molecule has 0 unspecified atom stereocenters. The summed E-state index contributed by atoms with van der Waals surface area (Å²) < 4.78 is 11.3. The van der Waals surface area contributed by atoms with Crippen LogP contribution in [0.1, 0.15) is 21.5 Å². The maximum Gasteiger partial charge on any atom is 0.259 e. The minimum atomic E-state index is -0.178. The van der Waals surface area contributed by atoms with Gasteiger partial charge >= 0.3 is 0 Å². The molecule has 0 aliphatic carbocycles.